The molecule has 9 heteroatoms. The largest absolute Gasteiger partial charge is 0.326 e. The quantitative estimate of drug-likeness (QED) is 0.438. The molecule has 0 unspecified atom stereocenters. The topological polar surface area (TPSA) is 84.0 Å². The number of nitrogens with zero attached hydrogens (tertiary/aromatic N) is 2. The van der Waals surface area contributed by atoms with Crippen molar-refractivity contribution >= 4 is 56.6 Å². The van der Waals surface area contributed by atoms with Crippen LogP contribution in [-0.2, 0) is 11.2 Å². The highest BCUT2D eigenvalue weighted by atomic mass is 32.1. The van der Waals surface area contributed by atoms with Crippen molar-refractivity contribution in [2.24, 2.45) is 0 Å². The van der Waals surface area contributed by atoms with Crippen molar-refractivity contribution in [2.75, 3.05) is 10.6 Å². The Morgan fingerprint density at radius 3 is 2.66 bits per heavy atom. The van der Waals surface area contributed by atoms with Crippen LogP contribution >= 0.6 is 34.0 Å². The van der Waals surface area contributed by atoms with Gasteiger partial charge in [0.1, 0.15) is 0 Å². The predicted octanol–water partition coefficient (Wildman–Crippen LogP) is 5.07. The van der Waals surface area contributed by atoms with E-state index in [4.69, 9.17) is 0 Å². The number of hydrogen-bond acceptors (Lipinski definition) is 7. The van der Waals surface area contributed by atoms with Crippen LogP contribution in [0.15, 0.2) is 52.5 Å². The first kappa shape index (κ1) is 19.4. The van der Waals surface area contributed by atoms with Crippen LogP contribution < -0.4 is 10.6 Å². The van der Waals surface area contributed by atoms with Gasteiger partial charge in [0.25, 0.3) is 5.91 Å². The Morgan fingerprint density at radius 1 is 1.00 bits per heavy atom. The molecular weight excluding hydrogens is 424 g/mol. The Kier molecular flexibility index (Phi) is 5.79. The lowest BCUT2D eigenvalue weighted by Gasteiger charge is -2.06. The van der Waals surface area contributed by atoms with Gasteiger partial charge < -0.3 is 5.32 Å². The molecule has 29 heavy (non-hydrogen) atoms. The lowest BCUT2D eigenvalue weighted by Crippen LogP contribution is -2.15. The lowest BCUT2D eigenvalue weighted by atomic mass is 10.1. The van der Waals surface area contributed by atoms with Crippen molar-refractivity contribution < 1.29 is 9.59 Å². The summed E-state index contributed by atoms with van der Waals surface area (Å²) >= 11 is 4.26. The first-order valence-electron chi connectivity index (χ1n) is 8.68. The molecule has 4 aromatic rings. The highest BCUT2D eigenvalue weighted by molar-refractivity contribution is 7.14. The van der Waals surface area contributed by atoms with Crippen LogP contribution in [0.1, 0.15) is 20.4 Å². The maximum Gasteiger partial charge on any atom is 0.267 e. The molecule has 3 heterocycles. The second-order valence-electron chi connectivity index (χ2n) is 6.13. The van der Waals surface area contributed by atoms with Crippen LogP contribution in [0.2, 0.25) is 0 Å². The Morgan fingerprint density at radius 2 is 1.90 bits per heavy atom. The molecule has 0 saturated carbocycles. The summed E-state index contributed by atoms with van der Waals surface area (Å²) in [4.78, 5) is 33.9. The van der Waals surface area contributed by atoms with E-state index in [1.807, 2.05) is 48.0 Å². The fourth-order valence-corrected chi connectivity index (χ4v) is 4.58. The summed E-state index contributed by atoms with van der Waals surface area (Å²) in [5, 5.41) is 12.7. The third-order valence-electron chi connectivity index (χ3n) is 3.92. The van der Waals surface area contributed by atoms with E-state index in [2.05, 4.69) is 20.6 Å². The monoisotopic (exact) mass is 440 g/mol. The lowest BCUT2D eigenvalue weighted by molar-refractivity contribution is -0.115. The van der Waals surface area contributed by atoms with E-state index >= 15 is 0 Å². The molecule has 2 amide bonds. The second-order valence-corrected chi connectivity index (χ2v) is 9.00. The van der Waals surface area contributed by atoms with E-state index < -0.39 is 0 Å². The number of thiazole rings is 2. The fourth-order valence-electron chi connectivity index (χ4n) is 2.63. The fraction of sp³-hybridized carbons (Fsp3) is 0.100. The number of aryl methyl sites for hydroxylation is 1. The van der Waals surface area contributed by atoms with Crippen molar-refractivity contribution in [1.82, 2.24) is 9.97 Å². The third-order valence-corrected chi connectivity index (χ3v) is 6.37. The van der Waals surface area contributed by atoms with Crippen molar-refractivity contribution in [2.45, 2.75) is 13.3 Å². The maximum atomic E-state index is 12.4. The molecule has 0 aliphatic carbocycles. The average molecular weight is 441 g/mol. The van der Waals surface area contributed by atoms with Gasteiger partial charge in [-0.05, 0) is 30.5 Å². The van der Waals surface area contributed by atoms with E-state index in [0.717, 1.165) is 16.3 Å². The van der Waals surface area contributed by atoms with Gasteiger partial charge in [0.05, 0.1) is 27.7 Å². The first-order chi connectivity index (χ1) is 14.1. The molecule has 146 valence electrons. The van der Waals surface area contributed by atoms with Gasteiger partial charge in [-0.15, -0.1) is 34.0 Å². The van der Waals surface area contributed by atoms with E-state index in [-0.39, 0.29) is 18.2 Å². The van der Waals surface area contributed by atoms with E-state index in [1.54, 1.807) is 22.8 Å². The molecule has 0 saturated heterocycles. The molecule has 2 N–H and O–H groups in total. The number of carbonyl (C=O) groups excluding carboxylic acids is 2. The van der Waals surface area contributed by atoms with Gasteiger partial charge in [0, 0.05) is 22.0 Å². The summed E-state index contributed by atoms with van der Waals surface area (Å²) < 4.78 is 0. The number of aromatic nitrogens is 2. The molecule has 6 nitrogen and oxygen atoms in total. The molecular formula is C20H16N4O2S3. The maximum absolute atomic E-state index is 12.4. The summed E-state index contributed by atoms with van der Waals surface area (Å²) in [7, 11) is 0. The average Bonchev–Trinajstić information content (AvgIpc) is 3.44. The highest BCUT2D eigenvalue weighted by Gasteiger charge is 2.12. The van der Waals surface area contributed by atoms with Crippen LogP contribution in [0.25, 0.3) is 11.3 Å². The van der Waals surface area contributed by atoms with Gasteiger partial charge in [-0.25, -0.2) is 9.97 Å². The summed E-state index contributed by atoms with van der Waals surface area (Å²) in [6.45, 7) is 1.96. The van der Waals surface area contributed by atoms with Crippen molar-refractivity contribution in [3.05, 3.63) is 68.1 Å². The van der Waals surface area contributed by atoms with Crippen molar-refractivity contribution in [1.29, 1.82) is 0 Å². The Bertz CT molecular complexity index is 1150. The van der Waals surface area contributed by atoms with Crippen molar-refractivity contribution in [3.63, 3.8) is 0 Å². The summed E-state index contributed by atoms with van der Waals surface area (Å²) in [5.74, 6) is -0.363. The van der Waals surface area contributed by atoms with Crippen LogP contribution in [0.3, 0.4) is 0 Å². The number of thiophene rings is 1. The second kappa shape index (κ2) is 8.64. The first-order valence-corrected chi connectivity index (χ1v) is 11.3. The number of carbonyl (C=O) groups is 2. The molecule has 1 aromatic carbocycles. The van der Waals surface area contributed by atoms with Gasteiger partial charge in [0.15, 0.2) is 5.13 Å². The molecule has 4 rings (SSSR count). The molecule has 3 aromatic heterocycles. The summed E-state index contributed by atoms with van der Waals surface area (Å²) in [5.41, 5.74) is 3.17. The van der Waals surface area contributed by atoms with Crippen LogP contribution in [0.4, 0.5) is 10.8 Å². The molecule has 0 spiro atoms. The number of benzene rings is 1. The molecule has 0 aliphatic rings. The summed E-state index contributed by atoms with van der Waals surface area (Å²) in [6.07, 6.45) is 0.130. The number of hydrogen-bond donors (Lipinski definition) is 2. The minimum Gasteiger partial charge on any atom is -0.326 e. The third kappa shape index (κ3) is 4.94. The zero-order valence-corrected chi connectivity index (χ0v) is 17.8. The number of nitrogens with one attached hydrogen (secondary N) is 2. The van der Waals surface area contributed by atoms with Crippen LogP contribution in [-0.4, -0.2) is 21.8 Å². The number of amides is 2. The normalized spacial score (nSPS) is 10.7. The van der Waals surface area contributed by atoms with E-state index in [1.165, 1.54) is 22.7 Å². The van der Waals surface area contributed by atoms with Gasteiger partial charge in [-0.1, -0.05) is 18.2 Å². The highest BCUT2D eigenvalue weighted by Crippen LogP contribution is 2.24. The smallest absolute Gasteiger partial charge is 0.267 e. The molecule has 0 radical (unpaired) electrons. The van der Waals surface area contributed by atoms with Gasteiger partial charge in [0.2, 0.25) is 5.91 Å². The zero-order chi connectivity index (χ0) is 20.2. The van der Waals surface area contributed by atoms with E-state index in [0.29, 0.717) is 21.4 Å². The Hall–Kier alpha value is -2.88. The minimum absolute atomic E-state index is 0.130. The molecule has 0 atom stereocenters. The molecule has 0 aliphatic heterocycles. The van der Waals surface area contributed by atoms with E-state index in [9.17, 15) is 9.59 Å². The SMILES string of the molecule is Cc1nc(-c2cccc(NC(=O)Cc3csc(NC(=O)c4cccs4)n3)c2)cs1. The number of anilines is 2. The van der Waals surface area contributed by atoms with Gasteiger partial charge in [-0.2, -0.15) is 0 Å². The molecule has 0 bridgehead atoms. The van der Waals surface area contributed by atoms with Crippen LogP contribution in [0, 0.1) is 6.92 Å². The standard InChI is InChI=1S/C20H16N4O2S3/c1-12-21-16(11-28-12)13-4-2-5-14(8-13)22-18(25)9-15-10-29-20(23-15)24-19(26)17-6-3-7-27-17/h2-8,10-11H,9H2,1H3,(H,22,25)(H,23,24,26). The minimum atomic E-state index is -0.195. The van der Waals surface area contributed by atoms with Gasteiger partial charge in [-0.3, -0.25) is 14.9 Å². The Balaban J connectivity index is 1.37. The molecule has 0 fully saturated rings. The van der Waals surface area contributed by atoms with Crippen molar-refractivity contribution in [3.8, 4) is 11.3 Å². The van der Waals surface area contributed by atoms with Crippen LogP contribution in [0.5, 0.6) is 0 Å². The predicted molar refractivity (Wildman–Crippen MR) is 119 cm³/mol. The Labute approximate surface area is 179 Å². The number of rotatable bonds is 6. The van der Waals surface area contributed by atoms with Gasteiger partial charge >= 0.3 is 0 Å². The summed E-state index contributed by atoms with van der Waals surface area (Å²) in [6, 6.07) is 11.2. The zero-order valence-electron chi connectivity index (χ0n) is 15.3.